The predicted molar refractivity (Wildman–Crippen MR) is 55.9 cm³/mol. The number of benzene rings is 1. The molecule has 0 spiro atoms. The SMILES string of the molecule is COc1cccc(-c2cc(=O)on2C)c1. The van der Waals surface area contributed by atoms with Gasteiger partial charge in [-0.2, -0.15) is 0 Å². The minimum atomic E-state index is -0.352. The topological polar surface area (TPSA) is 44.4 Å². The highest BCUT2D eigenvalue weighted by atomic mass is 16.5. The first-order valence-electron chi connectivity index (χ1n) is 4.52. The summed E-state index contributed by atoms with van der Waals surface area (Å²) in [4.78, 5) is 11.0. The Morgan fingerprint density at radius 2 is 2.13 bits per heavy atom. The van der Waals surface area contributed by atoms with Gasteiger partial charge in [0, 0.05) is 12.6 Å². The van der Waals surface area contributed by atoms with Crippen LogP contribution in [0.3, 0.4) is 0 Å². The normalized spacial score (nSPS) is 10.3. The van der Waals surface area contributed by atoms with Crippen molar-refractivity contribution in [3.05, 3.63) is 40.8 Å². The molecular formula is C11H11NO3. The monoisotopic (exact) mass is 205 g/mol. The van der Waals surface area contributed by atoms with Crippen LogP contribution in [0.4, 0.5) is 0 Å². The molecule has 1 aromatic heterocycles. The Morgan fingerprint density at radius 1 is 1.33 bits per heavy atom. The summed E-state index contributed by atoms with van der Waals surface area (Å²) in [5.41, 5.74) is 1.27. The molecule has 0 radical (unpaired) electrons. The van der Waals surface area contributed by atoms with Gasteiger partial charge in [0.25, 0.3) is 0 Å². The van der Waals surface area contributed by atoms with Crippen molar-refractivity contribution < 1.29 is 9.26 Å². The lowest BCUT2D eigenvalue weighted by Crippen LogP contribution is -1.91. The number of nitrogens with zero attached hydrogens (tertiary/aromatic N) is 1. The van der Waals surface area contributed by atoms with Gasteiger partial charge in [-0.3, -0.25) is 0 Å². The number of hydrogen-bond donors (Lipinski definition) is 0. The van der Waals surface area contributed by atoms with Crippen LogP contribution in [0.25, 0.3) is 11.3 Å². The van der Waals surface area contributed by atoms with Crippen molar-refractivity contribution in [3.63, 3.8) is 0 Å². The van der Waals surface area contributed by atoms with Gasteiger partial charge in [-0.15, -0.1) is 0 Å². The zero-order valence-corrected chi connectivity index (χ0v) is 8.56. The first kappa shape index (κ1) is 9.58. The zero-order chi connectivity index (χ0) is 10.8. The average Bonchev–Trinajstić information content (AvgIpc) is 2.58. The average molecular weight is 205 g/mol. The fourth-order valence-electron chi connectivity index (χ4n) is 1.46. The predicted octanol–water partition coefficient (Wildman–Crippen LogP) is 1.65. The van der Waals surface area contributed by atoms with Crippen molar-refractivity contribution in [1.82, 2.24) is 4.74 Å². The molecule has 15 heavy (non-hydrogen) atoms. The standard InChI is InChI=1S/C11H11NO3/c1-12-10(7-11(13)15-12)8-4-3-5-9(6-8)14-2/h3-7H,1-2H3. The van der Waals surface area contributed by atoms with E-state index in [1.54, 1.807) is 14.2 Å². The Hall–Kier alpha value is -1.97. The molecule has 0 aliphatic carbocycles. The Kier molecular flexibility index (Phi) is 2.33. The number of ether oxygens (including phenoxy) is 1. The summed E-state index contributed by atoms with van der Waals surface area (Å²) in [7, 11) is 3.30. The van der Waals surface area contributed by atoms with Crippen LogP contribution >= 0.6 is 0 Å². The first-order valence-corrected chi connectivity index (χ1v) is 4.52. The van der Waals surface area contributed by atoms with E-state index in [1.165, 1.54) is 10.8 Å². The van der Waals surface area contributed by atoms with Gasteiger partial charge in [0.1, 0.15) is 5.75 Å². The third-order valence-electron chi connectivity index (χ3n) is 2.19. The van der Waals surface area contributed by atoms with Gasteiger partial charge >= 0.3 is 5.63 Å². The van der Waals surface area contributed by atoms with Crippen LogP contribution in [0.1, 0.15) is 0 Å². The molecule has 2 rings (SSSR count). The Bertz CT molecular complexity index is 525. The number of aryl methyl sites for hydroxylation is 1. The molecule has 1 aromatic carbocycles. The van der Waals surface area contributed by atoms with Crippen molar-refractivity contribution in [2.45, 2.75) is 0 Å². The molecule has 0 fully saturated rings. The zero-order valence-electron chi connectivity index (χ0n) is 8.56. The smallest absolute Gasteiger partial charge is 0.358 e. The van der Waals surface area contributed by atoms with E-state index in [4.69, 9.17) is 9.26 Å². The van der Waals surface area contributed by atoms with E-state index in [2.05, 4.69) is 0 Å². The second-order valence-corrected chi connectivity index (χ2v) is 3.17. The van der Waals surface area contributed by atoms with Gasteiger partial charge in [-0.25, -0.2) is 9.53 Å². The van der Waals surface area contributed by atoms with Gasteiger partial charge in [0.2, 0.25) is 0 Å². The summed E-state index contributed by atoms with van der Waals surface area (Å²) in [5, 5.41) is 0. The molecule has 0 atom stereocenters. The Morgan fingerprint density at radius 3 is 2.73 bits per heavy atom. The Balaban J connectivity index is 2.53. The molecule has 4 nitrogen and oxygen atoms in total. The molecule has 1 heterocycles. The minimum absolute atomic E-state index is 0.352. The summed E-state index contributed by atoms with van der Waals surface area (Å²) >= 11 is 0. The highest BCUT2D eigenvalue weighted by molar-refractivity contribution is 5.60. The van der Waals surface area contributed by atoms with Gasteiger partial charge in [-0.1, -0.05) is 12.1 Å². The molecule has 0 N–H and O–H groups in total. The molecule has 0 amide bonds. The van der Waals surface area contributed by atoms with Crippen molar-refractivity contribution in [2.75, 3.05) is 7.11 Å². The van der Waals surface area contributed by atoms with Gasteiger partial charge < -0.3 is 9.26 Å². The quantitative estimate of drug-likeness (QED) is 0.748. The highest BCUT2D eigenvalue weighted by Crippen LogP contribution is 2.22. The first-order chi connectivity index (χ1) is 7.20. The van der Waals surface area contributed by atoms with E-state index in [0.717, 1.165) is 17.0 Å². The van der Waals surface area contributed by atoms with E-state index in [1.807, 2.05) is 24.3 Å². The lowest BCUT2D eigenvalue weighted by Gasteiger charge is -2.03. The summed E-state index contributed by atoms with van der Waals surface area (Å²) in [6, 6.07) is 8.92. The minimum Gasteiger partial charge on any atom is -0.497 e. The van der Waals surface area contributed by atoms with E-state index >= 15 is 0 Å². The van der Waals surface area contributed by atoms with E-state index in [9.17, 15) is 4.79 Å². The molecule has 0 saturated carbocycles. The molecule has 0 bridgehead atoms. The van der Waals surface area contributed by atoms with Crippen molar-refractivity contribution >= 4 is 0 Å². The van der Waals surface area contributed by atoms with Gasteiger partial charge in [-0.05, 0) is 12.1 Å². The molecule has 78 valence electrons. The summed E-state index contributed by atoms with van der Waals surface area (Å²) in [6.45, 7) is 0. The van der Waals surface area contributed by atoms with E-state index in [0.29, 0.717) is 0 Å². The van der Waals surface area contributed by atoms with Gasteiger partial charge in [0.05, 0.1) is 18.9 Å². The third-order valence-corrected chi connectivity index (χ3v) is 2.19. The largest absolute Gasteiger partial charge is 0.497 e. The lowest BCUT2D eigenvalue weighted by molar-refractivity contribution is 0.289. The molecule has 0 aliphatic rings. The maximum Gasteiger partial charge on any atom is 0.358 e. The number of methoxy groups -OCH3 is 1. The fourth-order valence-corrected chi connectivity index (χ4v) is 1.46. The van der Waals surface area contributed by atoms with E-state index < -0.39 is 0 Å². The van der Waals surface area contributed by atoms with Crippen molar-refractivity contribution in [2.24, 2.45) is 7.05 Å². The number of hydrogen-bond acceptors (Lipinski definition) is 3. The van der Waals surface area contributed by atoms with Crippen LogP contribution in [0.15, 0.2) is 39.6 Å². The lowest BCUT2D eigenvalue weighted by atomic mass is 10.1. The van der Waals surface area contributed by atoms with Crippen LogP contribution in [0.5, 0.6) is 5.75 Å². The second kappa shape index (κ2) is 3.65. The summed E-state index contributed by atoms with van der Waals surface area (Å²) in [6.07, 6.45) is 0. The molecule has 4 heteroatoms. The maximum absolute atomic E-state index is 11.0. The van der Waals surface area contributed by atoms with Crippen LogP contribution < -0.4 is 10.4 Å². The molecule has 0 unspecified atom stereocenters. The number of rotatable bonds is 2. The highest BCUT2D eigenvalue weighted by Gasteiger charge is 2.06. The summed E-state index contributed by atoms with van der Waals surface area (Å²) < 4.78 is 11.4. The van der Waals surface area contributed by atoms with Crippen molar-refractivity contribution in [3.8, 4) is 17.0 Å². The van der Waals surface area contributed by atoms with Crippen molar-refractivity contribution in [1.29, 1.82) is 0 Å². The number of aromatic nitrogens is 1. The fraction of sp³-hybridized carbons (Fsp3) is 0.182. The molecule has 0 aliphatic heterocycles. The third kappa shape index (κ3) is 1.79. The van der Waals surface area contributed by atoms with Crippen LogP contribution in [-0.4, -0.2) is 11.8 Å². The van der Waals surface area contributed by atoms with Crippen LogP contribution in [0.2, 0.25) is 0 Å². The summed E-state index contributed by atoms with van der Waals surface area (Å²) in [5.74, 6) is 0.751. The molecule has 0 saturated heterocycles. The van der Waals surface area contributed by atoms with Gasteiger partial charge in [0.15, 0.2) is 0 Å². The van der Waals surface area contributed by atoms with Crippen LogP contribution in [-0.2, 0) is 7.05 Å². The maximum atomic E-state index is 11.0. The molecular weight excluding hydrogens is 194 g/mol. The van der Waals surface area contributed by atoms with E-state index in [-0.39, 0.29) is 5.63 Å². The Labute approximate surface area is 86.7 Å². The molecule has 2 aromatic rings. The second-order valence-electron chi connectivity index (χ2n) is 3.17. The van der Waals surface area contributed by atoms with Crippen LogP contribution in [0, 0.1) is 0 Å².